The third-order valence-electron chi connectivity index (χ3n) is 2.85. The highest BCUT2D eigenvalue weighted by Crippen LogP contribution is 2.24. The second-order valence-electron chi connectivity index (χ2n) is 4.01. The number of carboxylic acids is 1. The first-order valence-electron chi connectivity index (χ1n) is 5.52. The zero-order valence-corrected chi connectivity index (χ0v) is 9.43. The molecular formula is C12H15NO4. The van der Waals surface area contributed by atoms with Gasteiger partial charge in [-0.15, -0.1) is 0 Å². The van der Waals surface area contributed by atoms with E-state index in [9.17, 15) is 9.90 Å². The van der Waals surface area contributed by atoms with Gasteiger partial charge in [0.15, 0.2) is 0 Å². The number of morpholine rings is 1. The number of carboxylic acid groups (broad SMARTS) is 1. The van der Waals surface area contributed by atoms with Crippen LogP contribution >= 0.6 is 0 Å². The molecule has 1 saturated heterocycles. The van der Waals surface area contributed by atoms with Gasteiger partial charge in [0, 0.05) is 25.2 Å². The predicted molar refractivity (Wildman–Crippen MR) is 61.2 cm³/mol. The Hall–Kier alpha value is -1.59. The van der Waals surface area contributed by atoms with Crippen LogP contribution in [-0.2, 0) is 11.3 Å². The van der Waals surface area contributed by atoms with Crippen molar-refractivity contribution in [1.29, 1.82) is 0 Å². The molecule has 0 atom stereocenters. The lowest BCUT2D eigenvalue weighted by atomic mass is 10.1. The number of benzene rings is 1. The highest BCUT2D eigenvalue weighted by Gasteiger charge is 2.16. The van der Waals surface area contributed by atoms with E-state index in [0.717, 1.165) is 13.1 Å². The fraction of sp³-hybridized carbons (Fsp3) is 0.417. The molecule has 2 rings (SSSR count). The summed E-state index contributed by atoms with van der Waals surface area (Å²) in [6.45, 7) is 3.52. The number of para-hydroxylation sites is 1. The van der Waals surface area contributed by atoms with E-state index in [1.165, 1.54) is 6.07 Å². The summed E-state index contributed by atoms with van der Waals surface area (Å²) in [5.74, 6) is -1.24. The average molecular weight is 237 g/mol. The molecule has 0 saturated carbocycles. The zero-order chi connectivity index (χ0) is 12.3. The normalized spacial score (nSPS) is 16.9. The molecule has 92 valence electrons. The number of aromatic hydroxyl groups is 1. The third-order valence-corrected chi connectivity index (χ3v) is 2.85. The average Bonchev–Trinajstić information content (AvgIpc) is 2.33. The summed E-state index contributed by atoms with van der Waals surface area (Å²) in [5.41, 5.74) is 0.600. The van der Waals surface area contributed by atoms with Crippen molar-refractivity contribution in [2.75, 3.05) is 26.3 Å². The quantitative estimate of drug-likeness (QED) is 0.818. The maximum atomic E-state index is 10.9. The van der Waals surface area contributed by atoms with E-state index < -0.39 is 5.97 Å². The molecule has 1 aliphatic rings. The second kappa shape index (κ2) is 5.16. The van der Waals surface area contributed by atoms with Crippen LogP contribution < -0.4 is 0 Å². The Morgan fingerprint density at radius 3 is 2.71 bits per heavy atom. The minimum atomic E-state index is -1.11. The molecule has 0 amide bonds. The number of hydrogen-bond acceptors (Lipinski definition) is 4. The Balaban J connectivity index is 2.15. The van der Waals surface area contributed by atoms with E-state index in [1.54, 1.807) is 12.1 Å². The Labute approximate surface area is 99.2 Å². The molecule has 5 heteroatoms. The van der Waals surface area contributed by atoms with Gasteiger partial charge in [0.1, 0.15) is 11.3 Å². The summed E-state index contributed by atoms with van der Waals surface area (Å²) < 4.78 is 5.23. The molecule has 1 aromatic rings. The molecule has 0 aliphatic carbocycles. The summed E-state index contributed by atoms with van der Waals surface area (Å²) in [4.78, 5) is 13.0. The van der Waals surface area contributed by atoms with Crippen LogP contribution in [0.3, 0.4) is 0 Å². The molecule has 0 bridgehead atoms. The van der Waals surface area contributed by atoms with Gasteiger partial charge in [-0.05, 0) is 6.07 Å². The Morgan fingerprint density at radius 1 is 1.35 bits per heavy atom. The SMILES string of the molecule is O=C(O)c1cccc(CN2CCOCC2)c1O. The van der Waals surface area contributed by atoms with Gasteiger partial charge < -0.3 is 14.9 Å². The molecular weight excluding hydrogens is 222 g/mol. The van der Waals surface area contributed by atoms with Crippen molar-refractivity contribution in [1.82, 2.24) is 4.90 Å². The topological polar surface area (TPSA) is 70.0 Å². The Morgan fingerprint density at radius 2 is 2.06 bits per heavy atom. The molecule has 1 aliphatic heterocycles. The Bertz CT molecular complexity index is 413. The lowest BCUT2D eigenvalue weighted by molar-refractivity contribution is 0.0338. The fourth-order valence-corrected chi connectivity index (χ4v) is 1.89. The minimum Gasteiger partial charge on any atom is -0.507 e. The summed E-state index contributed by atoms with van der Waals surface area (Å²) in [5, 5.41) is 18.8. The van der Waals surface area contributed by atoms with Crippen molar-refractivity contribution in [3.8, 4) is 5.75 Å². The van der Waals surface area contributed by atoms with E-state index in [2.05, 4.69) is 4.90 Å². The first-order valence-corrected chi connectivity index (χ1v) is 5.52. The lowest BCUT2D eigenvalue weighted by Gasteiger charge is -2.26. The predicted octanol–water partition coefficient (Wildman–Crippen LogP) is 0.923. The monoisotopic (exact) mass is 237 g/mol. The number of ether oxygens (including phenoxy) is 1. The van der Waals surface area contributed by atoms with Crippen LogP contribution in [0.15, 0.2) is 18.2 Å². The van der Waals surface area contributed by atoms with Gasteiger partial charge in [-0.25, -0.2) is 4.79 Å². The van der Waals surface area contributed by atoms with Gasteiger partial charge in [-0.2, -0.15) is 0 Å². The van der Waals surface area contributed by atoms with E-state index >= 15 is 0 Å². The summed E-state index contributed by atoms with van der Waals surface area (Å²) in [6, 6.07) is 4.80. The summed E-state index contributed by atoms with van der Waals surface area (Å²) >= 11 is 0. The summed E-state index contributed by atoms with van der Waals surface area (Å²) in [6.07, 6.45) is 0. The van der Waals surface area contributed by atoms with Gasteiger partial charge in [-0.3, -0.25) is 4.90 Å². The van der Waals surface area contributed by atoms with Crippen LogP contribution in [0.5, 0.6) is 5.75 Å². The maximum absolute atomic E-state index is 10.9. The number of phenols is 1. The first-order chi connectivity index (χ1) is 8.18. The number of carbonyl (C=O) groups is 1. The highest BCUT2D eigenvalue weighted by atomic mass is 16.5. The van der Waals surface area contributed by atoms with Crippen LogP contribution in [0.4, 0.5) is 0 Å². The number of aromatic carboxylic acids is 1. The molecule has 1 heterocycles. The van der Waals surface area contributed by atoms with Crippen molar-refractivity contribution in [3.05, 3.63) is 29.3 Å². The first kappa shape index (κ1) is 11.9. The number of nitrogens with zero attached hydrogens (tertiary/aromatic N) is 1. The molecule has 1 aromatic carbocycles. The second-order valence-corrected chi connectivity index (χ2v) is 4.01. The van der Waals surface area contributed by atoms with Crippen molar-refractivity contribution >= 4 is 5.97 Å². The molecule has 0 radical (unpaired) electrons. The van der Waals surface area contributed by atoms with Gasteiger partial charge in [0.2, 0.25) is 0 Å². The molecule has 0 spiro atoms. The van der Waals surface area contributed by atoms with Crippen LogP contribution in [0, 0.1) is 0 Å². The zero-order valence-electron chi connectivity index (χ0n) is 9.43. The van der Waals surface area contributed by atoms with Gasteiger partial charge in [0.25, 0.3) is 0 Å². The van der Waals surface area contributed by atoms with E-state index in [4.69, 9.17) is 9.84 Å². The molecule has 17 heavy (non-hydrogen) atoms. The van der Waals surface area contributed by atoms with Gasteiger partial charge >= 0.3 is 5.97 Å². The van der Waals surface area contributed by atoms with E-state index in [1.807, 2.05) is 0 Å². The van der Waals surface area contributed by atoms with E-state index in [-0.39, 0.29) is 11.3 Å². The van der Waals surface area contributed by atoms with Crippen LogP contribution in [0.25, 0.3) is 0 Å². The molecule has 2 N–H and O–H groups in total. The third kappa shape index (κ3) is 2.75. The van der Waals surface area contributed by atoms with Crippen molar-refractivity contribution in [3.63, 3.8) is 0 Å². The molecule has 0 aromatic heterocycles. The lowest BCUT2D eigenvalue weighted by Crippen LogP contribution is -2.35. The van der Waals surface area contributed by atoms with Crippen molar-refractivity contribution in [2.24, 2.45) is 0 Å². The van der Waals surface area contributed by atoms with Crippen LogP contribution in [0.1, 0.15) is 15.9 Å². The fourth-order valence-electron chi connectivity index (χ4n) is 1.89. The Kier molecular flexibility index (Phi) is 3.61. The minimum absolute atomic E-state index is 0.0456. The van der Waals surface area contributed by atoms with Crippen LogP contribution in [-0.4, -0.2) is 47.4 Å². The maximum Gasteiger partial charge on any atom is 0.339 e. The van der Waals surface area contributed by atoms with Gasteiger partial charge in [-0.1, -0.05) is 12.1 Å². The highest BCUT2D eigenvalue weighted by molar-refractivity contribution is 5.91. The number of hydrogen-bond donors (Lipinski definition) is 2. The van der Waals surface area contributed by atoms with E-state index in [0.29, 0.717) is 25.3 Å². The standard InChI is InChI=1S/C12H15NO4/c14-11-9(2-1-3-10(11)12(15)16)8-13-4-6-17-7-5-13/h1-3,14H,4-8H2,(H,15,16). The smallest absolute Gasteiger partial charge is 0.339 e. The van der Waals surface area contributed by atoms with Crippen molar-refractivity contribution < 1.29 is 19.7 Å². The van der Waals surface area contributed by atoms with Crippen molar-refractivity contribution in [2.45, 2.75) is 6.54 Å². The molecule has 0 unspecified atom stereocenters. The van der Waals surface area contributed by atoms with Crippen LogP contribution in [0.2, 0.25) is 0 Å². The molecule has 5 nitrogen and oxygen atoms in total. The number of rotatable bonds is 3. The molecule has 1 fully saturated rings. The van der Waals surface area contributed by atoms with Gasteiger partial charge in [0.05, 0.1) is 13.2 Å². The largest absolute Gasteiger partial charge is 0.507 e. The summed E-state index contributed by atoms with van der Waals surface area (Å²) in [7, 11) is 0.